The third kappa shape index (κ3) is 6.33. The molecule has 1 aromatic carbocycles. The molecule has 0 amide bonds. The Morgan fingerprint density at radius 3 is 2.61 bits per heavy atom. The van der Waals surface area contributed by atoms with Crippen LogP contribution in [0.5, 0.6) is 11.6 Å². The number of rotatable bonds is 8. The van der Waals surface area contributed by atoms with Crippen LogP contribution in [0.4, 0.5) is 0 Å². The van der Waals surface area contributed by atoms with Crippen molar-refractivity contribution in [2.45, 2.75) is 51.5 Å². The molecule has 0 unspecified atom stereocenters. The topological polar surface area (TPSA) is 34.6 Å². The molecule has 1 saturated carbocycles. The Bertz CT molecular complexity index is 837. The van der Waals surface area contributed by atoms with Crippen LogP contribution in [0.25, 0.3) is 6.08 Å². The SMILES string of the molecule is COc1ncccc1CN1CCC(/C=C\c2ccccc2OCC2CCCCC2)CC1. The number of nitrogens with zero attached hydrogens (tertiary/aromatic N) is 2. The number of ether oxygens (including phenoxy) is 2. The van der Waals surface area contributed by atoms with Crippen LogP contribution < -0.4 is 9.47 Å². The van der Waals surface area contributed by atoms with Gasteiger partial charge in [0.1, 0.15) is 5.75 Å². The molecule has 0 atom stereocenters. The highest BCUT2D eigenvalue weighted by Gasteiger charge is 2.19. The molecule has 4 heteroatoms. The fourth-order valence-electron chi connectivity index (χ4n) is 4.82. The van der Waals surface area contributed by atoms with Crippen LogP contribution in [0.3, 0.4) is 0 Å². The zero-order valence-electron chi connectivity index (χ0n) is 18.8. The summed E-state index contributed by atoms with van der Waals surface area (Å²) in [5.74, 6) is 3.13. The van der Waals surface area contributed by atoms with E-state index in [4.69, 9.17) is 9.47 Å². The Morgan fingerprint density at radius 2 is 1.81 bits per heavy atom. The summed E-state index contributed by atoms with van der Waals surface area (Å²) in [5, 5.41) is 0. The van der Waals surface area contributed by atoms with E-state index in [0.29, 0.717) is 5.92 Å². The van der Waals surface area contributed by atoms with Gasteiger partial charge in [0, 0.05) is 23.9 Å². The highest BCUT2D eigenvalue weighted by molar-refractivity contribution is 5.57. The first-order valence-electron chi connectivity index (χ1n) is 11.9. The lowest BCUT2D eigenvalue weighted by Crippen LogP contribution is -2.32. The minimum absolute atomic E-state index is 0.624. The Labute approximate surface area is 187 Å². The van der Waals surface area contributed by atoms with Gasteiger partial charge in [0.05, 0.1) is 13.7 Å². The van der Waals surface area contributed by atoms with E-state index in [1.165, 1.54) is 56.1 Å². The molecule has 0 spiro atoms. The van der Waals surface area contributed by atoms with Crippen molar-refractivity contribution in [2.24, 2.45) is 11.8 Å². The van der Waals surface area contributed by atoms with Gasteiger partial charge in [-0.15, -0.1) is 0 Å². The predicted molar refractivity (Wildman–Crippen MR) is 126 cm³/mol. The van der Waals surface area contributed by atoms with Gasteiger partial charge in [-0.05, 0) is 62.7 Å². The number of aromatic nitrogens is 1. The Balaban J connectivity index is 1.28. The van der Waals surface area contributed by atoms with Crippen molar-refractivity contribution in [3.05, 3.63) is 59.8 Å². The number of methoxy groups -OCH3 is 1. The maximum atomic E-state index is 6.24. The number of benzene rings is 1. The van der Waals surface area contributed by atoms with Gasteiger partial charge in [0.2, 0.25) is 5.88 Å². The largest absolute Gasteiger partial charge is 0.493 e. The molecule has 166 valence electrons. The maximum Gasteiger partial charge on any atom is 0.217 e. The molecule has 4 rings (SSSR count). The average Bonchev–Trinajstić information content (AvgIpc) is 2.84. The third-order valence-electron chi connectivity index (χ3n) is 6.74. The van der Waals surface area contributed by atoms with E-state index in [2.05, 4.69) is 52.4 Å². The standard InChI is InChI=1S/C27H36N2O2/c1-30-27-25(11-7-17-28-27)20-29-18-15-22(16-19-29)13-14-24-10-5-6-12-26(24)31-21-23-8-3-2-4-9-23/h5-7,10-14,17,22-23H,2-4,8-9,15-16,18-21H2,1H3/b14-13-. The Morgan fingerprint density at radius 1 is 1.00 bits per heavy atom. The van der Waals surface area contributed by atoms with E-state index in [0.717, 1.165) is 43.8 Å². The van der Waals surface area contributed by atoms with Crippen LogP contribution in [-0.2, 0) is 6.54 Å². The van der Waals surface area contributed by atoms with Crippen molar-refractivity contribution < 1.29 is 9.47 Å². The first-order valence-corrected chi connectivity index (χ1v) is 11.9. The van der Waals surface area contributed by atoms with Crippen LogP contribution >= 0.6 is 0 Å². The highest BCUT2D eigenvalue weighted by atomic mass is 16.5. The number of hydrogen-bond acceptors (Lipinski definition) is 4. The number of piperidine rings is 1. The van der Waals surface area contributed by atoms with Crippen molar-refractivity contribution in [3.8, 4) is 11.6 Å². The molecule has 1 aromatic heterocycles. The molecule has 1 aliphatic heterocycles. The smallest absolute Gasteiger partial charge is 0.217 e. The summed E-state index contributed by atoms with van der Waals surface area (Å²) in [5.41, 5.74) is 2.38. The van der Waals surface area contributed by atoms with E-state index in [9.17, 15) is 0 Å². The number of allylic oxidation sites excluding steroid dienone is 1. The molecular formula is C27H36N2O2. The van der Waals surface area contributed by atoms with Gasteiger partial charge in [0.15, 0.2) is 0 Å². The minimum Gasteiger partial charge on any atom is -0.493 e. The van der Waals surface area contributed by atoms with Crippen molar-refractivity contribution >= 4 is 6.08 Å². The van der Waals surface area contributed by atoms with Crippen LogP contribution in [0, 0.1) is 11.8 Å². The number of para-hydroxylation sites is 1. The summed E-state index contributed by atoms with van der Waals surface area (Å²) in [4.78, 5) is 6.83. The summed E-state index contributed by atoms with van der Waals surface area (Å²) in [6.45, 7) is 3.98. The quantitative estimate of drug-likeness (QED) is 0.526. The van der Waals surface area contributed by atoms with Gasteiger partial charge in [0.25, 0.3) is 0 Å². The van der Waals surface area contributed by atoms with E-state index in [1.807, 2.05) is 6.07 Å². The molecule has 2 aliphatic rings. The van der Waals surface area contributed by atoms with Gasteiger partial charge >= 0.3 is 0 Å². The summed E-state index contributed by atoms with van der Waals surface area (Å²) in [7, 11) is 1.69. The van der Waals surface area contributed by atoms with Gasteiger partial charge in [-0.3, -0.25) is 4.90 Å². The second-order valence-electron chi connectivity index (χ2n) is 9.00. The van der Waals surface area contributed by atoms with E-state index >= 15 is 0 Å². The first-order chi connectivity index (χ1) is 15.3. The average molecular weight is 421 g/mol. The summed E-state index contributed by atoms with van der Waals surface area (Å²) >= 11 is 0. The van der Waals surface area contributed by atoms with Gasteiger partial charge < -0.3 is 9.47 Å². The normalized spacial score (nSPS) is 19.0. The first kappa shape index (κ1) is 21.9. The van der Waals surface area contributed by atoms with Crippen molar-refractivity contribution in [2.75, 3.05) is 26.8 Å². The summed E-state index contributed by atoms with van der Waals surface area (Å²) < 4.78 is 11.6. The second kappa shape index (κ2) is 11.3. The van der Waals surface area contributed by atoms with Gasteiger partial charge in [-0.1, -0.05) is 55.7 Å². The molecule has 0 radical (unpaired) electrons. The van der Waals surface area contributed by atoms with Crippen molar-refractivity contribution in [3.63, 3.8) is 0 Å². The van der Waals surface area contributed by atoms with E-state index in [1.54, 1.807) is 13.3 Å². The summed E-state index contributed by atoms with van der Waals surface area (Å²) in [6.07, 6.45) is 15.6. The third-order valence-corrected chi connectivity index (χ3v) is 6.74. The fraction of sp³-hybridized carbons (Fsp3) is 0.519. The molecule has 1 saturated heterocycles. The molecule has 4 nitrogen and oxygen atoms in total. The summed E-state index contributed by atoms with van der Waals surface area (Å²) in [6, 6.07) is 12.6. The molecule has 0 N–H and O–H groups in total. The molecule has 2 aromatic rings. The van der Waals surface area contributed by atoms with Crippen LogP contribution in [-0.4, -0.2) is 36.7 Å². The van der Waals surface area contributed by atoms with Crippen molar-refractivity contribution in [1.82, 2.24) is 9.88 Å². The lowest BCUT2D eigenvalue weighted by molar-refractivity contribution is 0.193. The van der Waals surface area contributed by atoms with E-state index in [-0.39, 0.29) is 0 Å². The van der Waals surface area contributed by atoms with Gasteiger partial charge in [-0.2, -0.15) is 0 Å². The zero-order chi connectivity index (χ0) is 21.3. The fourth-order valence-corrected chi connectivity index (χ4v) is 4.82. The zero-order valence-corrected chi connectivity index (χ0v) is 18.8. The van der Waals surface area contributed by atoms with Gasteiger partial charge in [-0.25, -0.2) is 4.98 Å². The lowest BCUT2D eigenvalue weighted by atomic mass is 9.90. The maximum absolute atomic E-state index is 6.24. The second-order valence-corrected chi connectivity index (χ2v) is 9.00. The van der Waals surface area contributed by atoms with Crippen LogP contribution in [0.2, 0.25) is 0 Å². The molecule has 2 heterocycles. The molecule has 1 aliphatic carbocycles. The monoisotopic (exact) mass is 420 g/mol. The minimum atomic E-state index is 0.624. The molecular weight excluding hydrogens is 384 g/mol. The molecule has 2 fully saturated rings. The van der Waals surface area contributed by atoms with Crippen LogP contribution in [0.1, 0.15) is 56.1 Å². The lowest BCUT2D eigenvalue weighted by Gasteiger charge is -2.30. The van der Waals surface area contributed by atoms with Crippen molar-refractivity contribution in [1.29, 1.82) is 0 Å². The Hall–Kier alpha value is -2.33. The van der Waals surface area contributed by atoms with Crippen LogP contribution in [0.15, 0.2) is 48.7 Å². The number of likely N-dealkylation sites (tertiary alicyclic amines) is 1. The number of hydrogen-bond donors (Lipinski definition) is 0. The van der Waals surface area contributed by atoms with E-state index < -0.39 is 0 Å². The number of pyridine rings is 1. The molecule has 31 heavy (non-hydrogen) atoms. The highest BCUT2D eigenvalue weighted by Crippen LogP contribution is 2.28. The predicted octanol–water partition coefficient (Wildman–Crippen LogP) is 5.97. The Kier molecular flexibility index (Phi) is 8.00. The molecule has 0 bridgehead atoms.